The summed E-state index contributed by atoms with van der Waals surface area (Å²) in [5.74, 6) is 2.81. The lowest BCUT2D eigenvalue weighted by atomic mass is 9.94. The summed E-state index contributed by atoms with van der Waals surface area (Å²) in [4.78, 5) is 15.6. The Morgan fingerprint density at radius 3 is 2.71 bits per heavy atom. The average Bonchev–Trinajstić information content (AvgIpc) is 2.68. The lowest BCUT2D eigenvalue weighted by Crippen LogP contribution is -2.12. The Bertz CT molecular complexity index is 447. The first-order chi connectivity index (χ1) is 8.27. The minimum Gasteiger partial charge on any atom is -0.362 e. The van der Waals surface area contributed by atoms with Gasteiger partial charge in [-0.25, -0.2) is 0 Å². The third-order valence-electron chi connectivity index (χ3n) is 3.49. The highest BCUT2D eigenvalue weighted by Gasteiger charge is 2.30. The van der Waals surface area contributed by atoms with E-state index in [1.165, 1.54) is 34.9 Å². The topological polar surface area (TPSA) is 32.9 Å². The standard InChI is InChI=1S/C13H17NOS2/c1-8-11(13-16-6-3-7-17-13)12-9(14-8)4-2-5-10(12)15/h13-14H,2-7H2,1H3. The highest BCUT2D eigenvalue weighted by atomic mass is 32.2. The van der Waals surface area contributed by atoms with Gasteiger partial charge in [0.2, 0.25) is 0 Å². The zero-order chi connectivity index (χ0) is 11.8. The Morgan fingerprint density at radius 2 is 1.94 bits per heavy atom. The molecule has 0 saturated carbocycles. The van der Waals surface area contributed by atoms with Gasteiger partial charge in [0.15, 0.2) is 5.78 Å². The maximum Gasteiger partial charge on any atom is 0.165 e. The number of aromatic nitrogens is 1. The van der Waals surface area contributed by atoms with Gasteiger partial charge < -0.3 is 4.98 Å². The Kier molecular flexibility index (Phi) is 3.26. The van der Waals surface area contributed by atoms with Gasteiger partial charge in [-0.3, -0.25) is 4.79 Å². The van der Waals surface area contributed by atoms with Crippen LogP contribution in [0.3, 0.4) is 0 Å². The van der Waals surface area contributed by atoms with Crippen LogP contribution in [0.25, 0.3) is 0 Å². The molecule has 1 aliphatic heterocycles. The van der Waals surface area contributed by atoms with Crippen molar-refractivity contribution in [2.45, 2.75) is 37.2 Å². The van der Waals surface area contributed by atoms with Crippen LogP contribution in [-0.2, 0) is 6.42 Å². The van der Waals surface area contributed by atoms with Gasteiger partial charge in [0, 0.05) is 28.9 Å². The van der Waals surface area contributed by atoms with E-state index in [0.29, 0.717) is 10.4 Å². The van der Waals surface area contributed by atoms with Crippen molar-refractivity contribution in [3.63, 3.8) is 0 Å². The quantitative estimate of drug-likeness (QED) is 0.842. The Hall–Kier alpha value is -0.350. The summed E-state index contributed by atoms with van der Waals surface area (Å²) < 4.78 is 0.478. The number of carbonyl (C=O) groups excluding carboxylic acids is 1. The highest BCUT2D eigenvalue weighted by Crippen LogP contribution is 2.47. The van der Waals surface area contributed by atoms with Gasteiger partial charge in [0.1, 0.15) is 0 Å². The molecule has 0 amide bonds. The zero-order valence-corrected chi connectivity index (χ0v) is 11.7. The number of nitrogens with one attached hydrogen (secondary N) is 1. The Labute approximate surface area is 110 Å². The number of aryl methyl sites for hydroxylation is 2. The molecule has 0 atom stereocenters. The fraction of sp³-hybridized carbons (Fsp3) is 0.615. The number of hydrogen-bond donors (Lipinski definition) is 1. The SMILES string of the molecule is Cc1[nH]c2c(c1C1SCCCS1)C(=O)CCC2. The number of thioether (sulfide) groups is 2. The number of fused-ring (bicyclic) bond motifs is 1. The van der Waals surface area contributed by atoms with Crippen LogP contribution in [0, 0.1) is 6.92 Å². The molecule has 1 aromatic heterocycles. The van der Waals surface area contributed by atoms with Gasteiger partial charge in [0.05, 0.1) is 4.58 Å². The van der Waals surface area contributed by atoms with Crippen molar-refractivity contribution in [3.05, 3.63) is 22.5 Å². The van der Waals surface area contributed by atoms with Crippen molar-refractivity contribution in [1.82, 2.24) is 4.98 Å². The van der Waals surface area contributed by atoms with Crippen LogP contribution >= 0.6 is 23.5 Å². The zero-order valence-electron chi connectivity index (χ0n) is 10.0. The molecule has 1 aliphatic carbocycles. The summed E-state index contributed by atoms with van der Waals surface area (Å²) in [6.07, 6.45) is 4.09. The van der Waals surface area contributed by atoms with Gasteiger partial charge >= 0.3 is 0 Å². The van der Waals surface area contributed by atoms with Gasteiger partial charge in [0.25, 0.3) is 0 Å². The van der Waals surface area contributed by atoms with Crippen molar-refractivity contribution in [2.24, 2.45) is 0 Å². The van der Waals surface area contributed by atoms with Gasteiger partial charge in [-0.15, -0.1) is 23.5 Å². The van der Waals surface area contributed by atoms with E-state index in [2.05, 4.69) is 11.9 Å². The van der Waals surface area contributed by atoms with Crippen LogP contribution < -0.4 is 0 Å². The lowest BCUT2D eigenvalue weighted by Gasteiger charge is -2.23. The summed E-state index contributed by atoms with van der Waals surface area (Å²) in [7, 11) is 0. The predicted octanol–water partition coefficient (Wildman–Crippen LogP) is 3.71. The smallest absolute Gasteiger partial charge is 0.165 e. The molecule has 1 aromatic rings. The number of aromatic amines is 1. The molecule has 17 heavy (non-hydrogen) atoms. The third-order valence-corrected chi connectivity index (χ3v) is 6.43. The molecule has 92 valence electrons. The van der Waals surface area contributed by atoms with Crippen molar-refractivity contribution in [1.29, 1.82) is 0 Å². The molecule has 0 aromatic carbocycles. The second kappa shape index (κ2) is 4.73. The second-order valence-electron chi connectivity index (χ2n) is 4.72. The summed E-state index contributed by atoms with van der Waals surface area (Å²) in [5.41, 5.74) is 4.76. The van der Waals surface area contributed by atoms with Crippen LogP contribution in [-0.4, -0.2) is 22.3 Å². The molecule has 0 radical (unpaired) electrons. The van der Waals surface area contributed by atoms with Crippen LogP contribution in [0.4, 0.5) is 0 Å². The number of H-pyrrole nitrogens is 1. The van der Waals surface area contributed by atoms with Gasteiger partial charge in [-0.2, -0.15) is 0 Å². The number of rotatable bonds is 1. The van der Waals surface area contributed by atoms with Crippen molar-refractivity contribution < 1.29 is 4.79 Å². The second-order valence-corrected chi connectivity index (χ2v) is 7.45. The third kappa shape index (κ3) is 2.06. The molecule has 0 unspecified atom stereocenters. The van der Waals surface area contributed by atoms with E-state index in [1.807, 2.05) is 23.5 Å². The first-order valence-electron chi connectivity index (χ1n) is 6.25. The Morgan fingerprint density at radius 1 is 1.18 bits per heavy atom. The van der Waals surface area contributed by atoms with Crippen LogP contribution in [0.1, 0.15) is 51.2 Å². The minimum absolute atomic E-state index is 0.359. The van der Waals surface area contributed by atoms with Crippen LogP contribution in [0.2, 0.25) is 0 Å². The molecule has 2 heterocycles. The summed E-state index contributed by atoms with van der Waals surface area (Å²) in [6.45, 7) is 2.12. The molecule has 2 nitrogen and oxygen atoms in total. The molecule has 2 aliphatic rings. The van der Waals surface area contributed by atoms with Crippen molar-refractivity contribution >= 4 is 29.3 Å². The van der Waals surface area contributed by atoms with Crippen molar-refractivity contribution in [3.8, 4) is 0 Å². The first kappa shape index (κ1) is 11.7. The molecule has 1 saturated heterocycles. The number of ketones is 1. The molecule has 0 spiro atoms. The lowest BCUT2D eigenvalue weighted by molar-refractivity contribution is 0.0972. The van der Waals surface area contributed by atoms with Crippen molar-refractivity contribution in [2.75, 3.05) is 11.5 Å². The molecular weight excluding hydrogens is 250 g/mol. The molecule has 4 heteroatoms. The van der Waals surface area contributed by atoms with E-state index in [4.69, 9.17) is 0 Å². The van der Waals surface area contributed by atoms with E-state index in [9.17, 15) is 4.79 Å². The molecule has 1 N–H and O–H groups in total. The van der Waals surface area contributed by atoms with E-state index in [1.54, 1.807) is 0 Å². The first-order valence-corrected chi connectivity index (χ1v) is 8.35. The fourth-order valence-electron chi connectivity index (χ4n) is 2.71. The number of Topliss-reactive ketones (excluding diaryl/α,β-unsaturated/α-hetero) is 1. The summed E-state index contributed by atoms with van der Waals surface area (Å²) in [6, 6.07) is 0. The maximum atomic E-state index is 12.1. The molecule has 0 bridgehead atoms. The minimum atomic E-state index is 0.359. The Balaban J connectivity index is 2.03. The largest absolute Gasteiger partial charge is 0.362 e. The van der Waals surface area contributed by atoms with E-state index < -0.39 is 0 Å². The summed E-state index contributed by atoms with van der Waals surface area (Å²) in [5, 5.41) is 0. The summed E-state index contributed by atoms with van der Waals surface area (Å²) >= 11 is 4.00. The van der Waals surface area contributed by atoms with E-state index in [0.717, 1.165) is 24.8 Å². The maximum absolute atomic E-state index is 12.1. The predicted molar refractivity (Wildman–Crippen MR) is 75.1 cm³/mol. The molecule has 1 fully saturated rings. The fourth-order valence-corrected chi connectivity index (χ4v) is 5.83. The van der Waals surface area contributed by atoms with Crippen LogP contribution in [0.15, 0.2) is 0 Å². The highest BCUT2D eigenvalue weighted by molar-refractivity contribution is 8.16. The molecule has 3 rings (SSSR count). The average molecular weight is 267 g/mol. The number of hydrogen-bond acceptors (Lipinski definition) is 3. The number of carbonyl (C=O) groups is 1. The molecular formula is C13H17NOS2. The van der Waals surface area contributed by atoms with E-state index in [-0.39, 0.29) is 0 Å². The van der Waals surface area contributed by atoms with Gasteiger partial charge in [-0.1, -0.05) is 0 Å². The normalized spacial score (nSPS) is 21.6. The monoisotopic (exact) mass is 267 g/mol. The van der Waals surface area contributed by atoms with Crippen LogP contribution in [0.5, 0.6) is 0 Å². The van der Waals surface area contributed by atoms with Gasteiger partial charge in [-0.05, 0) is 37.7 Å². The van der Waals surface area contributed by atoms with E-state index >= 15 is 0 Å².